The summed E-state index contributed by atoms with van der Waals surface area (Å²) in [6.07, 6.45) is 0. The quantitative estimate of drug-likeness (QED) is 0.724. The van der Waals surface area contributed by atoms with Crippen LogP contribution in [0.2, 0.25) is 0 Å². The molecule has 1 N–H and O–H groups in total. The third-order valence-electron chi connectivity index (χ3n) is 7.39. The molecule has 2 aromatic rings. The number of carbonyl (C=O) groups is 1. The van der Waals surface area contributed by atoms with E-state index in [4.69, 9.17) is 18.6 Å². The average Bonchev–Trinajstić information content (AvgIpc) is 3.07. The molecule has 0 radical (unpaired) electrons. The van der Waals surface area contributed by atoms with E-state index >= 15 is 0 Å². The van der Waals surface area contributed by atoms with Crippen molar-refractivity contribution in [3.05, 3.63) is 54.1 Å². The topological polar surface area (TPSA) is 66.0 Å². The SMILES string of the molecule is CC1(C)OB(c2ccc(B3OC(C)(C)C(C)(C)O3)c(C(=O)Nc3ccccc3)c2)OC1(C)C. The largest absolute Gasteiger partial charge is 0.495 e. The second-order valence-electron chi connectivity index (χ2n) is 10.8. The van der Waals surface area contributed by atoms with E-state index in [-0.39, 0.29) is 5.91 Å². The van der Waals surface area contributed by atoms with E-state index in [1.165, 1.54) is 0 Å². The lowest BCUT2D eigenvalue weighted by Gasteiger charge is -2.32. The first-order valence-electron chi connectivity index (χ1n) is 11.4. The van der Waals surface area contributed by atoms with Crippen LogP contribution in [0.3, 0.4) is 0 Å². The molecule has 6 nitrogen and oxygen atoms in total. The van der Waals surface area contributed by atoms with E-state index in [9.17, 15) is 4.79 Å². The zero-order chi connectivity index (χ0) is 24.2. The molecule has 2 aliphatic rings. The molecule has 2 aliphatic heterocycles. The zero-order valence-corrected chi connectivity index (χ0v) is 20.8. The minimum atomic E-state index is -0.668. The van der Waals surface area contributed by atoms with Crippen LogP contribution in [0.15, 0.2) is 48.5 Å². The highest BCUT2D eigenvalue weighted by molar-refractivity contribution is 6.65. The summed E-state index contributed by atoms with van der Waals surface area (Å²) in [6, 6.07) is 15.0. The van der Waals surface area contributed by atoms with Crippen LogP contribution in [0.5, 0.6) is 0 Å². The fraction of sp³-hybridized carbons (Fsp3) is 0.480. The van der Waals surface area contributed by atoms with Crippen molar-refractivity contribution < 1.29 is 23.4 Å². The minimum Gasteiger partial charge on any atom is -0.399 e. The molecule has 174 valence electrons. The summed E-state index contributed by atoms with van der Waals surface area (Å²) < 4.78 is 25.0. The van der Waals surface area contributed by atoms with Crippen LogP contribution in [0.4, 0.5) is 5.69 Å². The first kappa shape index (κ1) is 24.0. The normalized spacial score (nSPS) is 22.4. The van der Waals surface area contributed by atoms with Gasteiger partial charge < -0.3 is 23.9 Å². The third-order valence-corrected chi connectivity index (χ3v) is 7.39. The van der Waals surface area contributed by atoms with Gasteiger partial charge in [-0.3, -0.25) is 4.79 Å². The maximum atomic E-state index is 13.4. The molecule has 0 atom stereocenters. The predicted octanol–water partition coefficient (Wildman–Crippen LogP) is 3.54. The van der Waals surface area contributed by atoms with Gasteiger partial charge in [0.1, 0.15) is 0 Å². The molecule has 0 unspecified atom stereocenters. The summed E-state index contributed by atoms with van der Waals surface area (Å²) in [7, 11) is -1.25. The first-order valence-corrected chi connectivity index (χ1v) is 11.4. The minimum absolute atomic E-state index is 0.246. The number of amides is 1. The molecular formula is C25H33B2NO5. The van der Waals surface area contributed by atoms with Crippen molar-refractivity contribution in [3.8, 4) is 0 Å². The zero-order valence-electron chi connectivity index (χ0n) is 20.8. The van der Waals surface area contributed by atoms with E-state index in [0.29, 0.717) is 16.7 Å². The van der Waals surface area contributed by atoms with Crippen LogP contribution < -0.4 is 16.2 Å². The summed E-state index contributed by atoms with van der Waals surface area (Å²) >= 11 is 0. The van der Waals surface area contributed by atoms with Crippen molar-refractivity contribution in [2.45, 2.75) is 77.8 Å². The molecule has 33 heavy (non-hydrogen) atoms. The van der Waals surface area contributed by atoms with Gasteiger partial charge in [0.25, 0.3) is 5.91 Å². The standard InChI is InChI=1S/C25H33B2NO5/c1-22(2)23(3,4)31-26(30-22)17-14-15-20(27-32-24(5,6)25(7,8)33-27)19(16-17)21(29)28-18-12-10-9-11-13-18/h9-16H,1-8H3,(H,28,29). The molecule has 1 amide bonds. The van der Waals surface area contributed by atoms with Gasteiger partial charge in [-0.25, -0.2) is 0 Å². The Morgan fingerprint density at radius 2 is 1.18 bits per heavy atom. The van der Waals surface area contributed by atoms with E-state index in [0.717, 1.165) is 5.46 Å². The lowest BCUT2D eigenvalue weighted by molar-refractivity contribution is 0.00578. The van der Waals surface area contributed by atoms with Gasteiger partial charge in [0.2, 0.25) is 0 Å². The first-order chi connectivity index (χ1) is 15.2. The summed E-state index contributed by atoms with van der Waals surface area (Å²) in [5.74, 6) is -0.246. The van der Waals surface area contributed by atoms with E-state index in [1.54, 1.807) is 0 Å². The Balaban J connectivity index is 1.72. The Kier molecular flexibility index (Phi) is 5.81. The third kappa shape index (κ3) is 4.37. The number of hydrogen-bond acceptors (Lipinski definition) is 5. The number of carbonyl (C=O) groups excluding carboxylic acids is 1. The average molecular weight is 449 g/mol. The predicted molar refractivity (Wildman–Crippen MR) is 132 cm³/mol. The van der Waals surface area contributed by atoms with Crippen LogP contribution in [-0.2, 0) is 18.6 Å². The van der Waals surface area contributed by atoms with Crippen molar-refractivity contribution in [3.63, 3.8) is 0 Å². The second kappa shape index (κ2) is 7.98. The molecule has 8 heteroatoms. The van der Waals surface area contributed by atoms with Crippen molar-refractivity contribution >= 4 is 36.8 Å². The van der Waals surface area contributed by atoms with Gasteiger partial charge in [0, 0.05) is 11.3 Å². The lowest BCUT2D eigenvalue weighted by Crippen LogP contribution is -2.42. The summed E-state index contributed by atoms with van der Waals surface area (Å²) in [5.41, 5.74) is 0.621. The van der Waals surface area contributed by atoms with Crippen molar-refractivity contribution in [1.82, 2.24) is 0 Å². The van der Waals surface area contributed by atoms with Gasteiger partial charge in [-0.05, 0) is 78.4 Å². The van der Waals surface area contributed by atoms with Gasteiger partial charge in [-0.15, -0.1) is 0 Å². The second-order valence-corrected chi connectivity index (χ2v) is 10.8. The number of rotatable bonds is 4. The monoisotopic (exact) mass is 449 g/mol. The fourth-order valence-corrected chi connectivity index (χ4v) is 3.79. The van der Waals surface area contributed by atoms with Gasteiger partial charge in [-0.2, -0.15) is 0 Å². The van der Waals surface area contributed by atoms with E-state index < -0.39 is 36.6 Å². The number of benzene rings is 2. The number of anilines is 1. The van der Waals surface area contributed by atoms with Gasteiger partial charge >= 0.3 is 14.2 Å². The summed E-state index contributed by atoms with van der Waals surface area (Å²) in [5, 5.41) is 2.98. The fourth-order valence-electron chi connectivity index (χ4n) is 3.79. The van der Waals surface area contributed by atoms with Crippen LogP contribution in [0, 0.1) is 0 Å². The van der Waals surface area contributed by atoms with E-state index in [1.807, 2.05) is 104 Å². The molecule has 0 aliphatic carbocycles. The molecular weight excluding hydrogens is 416 g/mol. The van der Waals surface area contributed by atoms with Crippen molar-refractivity contribution in [2.75, 3.05) is 5.32 Å². The van der Waals surface area contributed by atoms with Gasteiger partial charge in [0.05, 0.1) is 22.4 Å². The smallest absolute Gasteiger partial charge is 0.399 e. The molecule has 0 saturated carbocycles. The lowest BCUT2D eigenvalue weighted by atomic mass is 9.71. The number of para-hydroxylation sites is 1. The molecule has 0 spiro atoms. The van der Waals surface area contributed by atoms with Crippen LogP contribution in [-0.4, -0.2) is 42.5 Å². The highest BCUT2D eigenvalue weighted by Gasteiger charge is 2.54. The molecule has 2 fully saturated rings. The summed E-state index contributed by atoms with van der Waals surface area (Å²) in [6.45, 7) is 16.0. The van der Waals surface area contributed by atoms with Gasteiger partial charge in [-0.1, -0.05) is 36.4 Å². The van der Waals surface area contributed by atoms with Crippen LogP contribution >= 0.6 is 0 Å². The Morgan fingerprint density at radius 1 is 0.697 bits per heavy atom. The number of nitrogens with one attached hydrogen (secondary N) is 1. The Labute approximate surface area is 197 Å². The maximum absolute atomic E-state index is 13.4. The van der Waals surface area contributed by atoms with Crippen LogP contribution in [0.1, 0.15) is 65.7 Å². The van der Waals surface area contributed by atoms with Gasteiger partial charge in [0.15, 0.2) is 0 Å². The van der Waals surface area contributed by atoms with E-state index in [2.05, 4.69) is 5.32 Å². The Hall–Kier alpha value is -2.12. The molecule has 2 heterocycles. The van der Waals surface area contributed by atoms with Crippen molar-refractivity contribution in [1.29, 1.82) is 0 Å². The Morgan fingerprint density at radius 3 is 1.70 bits per heavy atom. The molecule has 2 aromatic carbocycles. The summed E-state index contributed by atoms with van der Waals surface area (Å²) in [4.78, 5) is 13.4. The molecule has 0 bridgehead atoms. The molecule has 2 saturated heterocycles. The van der Waals surface area contributed by atoms with Crippen LogP contribution in [0.25, 0.3) is 0 Å². The highest BCUT2D eigenvalue weighted by atomic mass is 16.7. The molecule has 4 rings (SSSR count). The highest BCUT2D eigenvalue weighted by Crippen LogP contribution is 2.38. The number of hydrogen-bond donors (Lipinski definition) is 1. The maximum Gasteiger partial charge on any atom is 0.495 e. The molecule has 0 aromatic heterocycles. The Bertz CT molecular complexity index is 1020. The van der Waals surface area contributed by atoms with Crippen molar-refractivity contribution in [2.24, 2.45) is 0 Å².